The maximum atomic E-state index is 13.1. The number of anilines is 2. The van der Waals surface area contributed by atoms with Crippen molar-refractivity contribution in [2.75, 3.05) is 23.4 Å². The third-order valence-corrected chi connectivity index (χ3v) is 5.96. The van der Waals surface area contributed by atoms with Crippen molar-refractivity contribution in [3.8, 4) is 11.4 Å². The van der Waals surface area contributed by atoms with E-state index in [4.69, 9.17) is 9.26 Å². The van der Waals surface area contributed by atoms with E-state index in [9.17, 15) is 14.7 Å². The van der Waals surface area contributed by atoms with Crippen LogP contribution in [-0.2, 0) is 11.2 Å². The number of aryl methyl sites for hydroxylation is 2. The zero-order valence-electron chi connectivity index (χ0n) is 20.2. The van der Waals surface area contributed by atoms with Gasteiger partial charge in [-0.05, 0) is 44.9 Å². The van der Waals surface area contributed by atoms with Crippen LogP contribution in [0, 0.1) is 6.92 Å². The Morgan fingerprint density at radius 3 is 2.83 bits per heavy atom. The van der Waals surface area contributed by atoms with Crippen molar-refractivity contribution in [3.63, 3.8) is 0 Å². The second-order valence-electron chi connectivity index (χ2n) is 9.33. The fraction of sp³-hybridized carbons (Fsp3) is 0.320. The van der Waals surface area contributed by atoms with E-state index in [1.807, 2.05) is 19.1 Å². The lowest BCUT2D eigenvalue weighted by Crippen LogP contribution is -2.23. The smallest absolute Gasteiger partial charge is 0.414 e. The number of cyclic esters (lactones) is 1. The van der Waals surface area contributed by atoms with Gasteiger partial charge in [-0.25, -0.2) is 9.78 Å². The third kappa shape index (κ3) is 4.78. The normalized spacial score (nSPS) is 13.9. The molecule has 2 N–H and O–H groups in total. The van der Waals surface area contributed by atoms with Crippen LogP contribution in [0.5, 0.6) is 0 Å². The minimum atomic E-state index is -0.824. The van der Waals surface area contributed by atoms with Crippen molar-refractivity contribution in [2.45, 2.75) is 39.2 Å². The van der Waals surface area contributed by atoms with Crippen LogP contribution in [0.15, 0.2) is 47.2 Å². The minimum absolute atomic E-state index is 0.338. The number of rotatable bonds is 7. The molecule has 1 fully saturated rings. The van der Waals surface area contributed by atoms with E-state index < -0.39 is 11.7 Å². The van der Waals surface area contributed by atoms with Gasteiger partial charge in [-0.2, -0.15) is 4.98 Å². The van der Waals surface area contributed by atoms with E-state index in [-0.39, 0.29) is 5.91 Å². The highest BCUT2D eigenvalue weighted by atomic mass is 16.6. The summed E-state index contributed by atoms with van der Waals surface area (Å²) in [6.07, 6.45) is 3.75. The molecule has 3 aromatic heterocycles. The second kappa shape index (κ2) is 9.08. The van der Waals surface area contributed by atoms with Gasteiger partial charge in [0.15, 0.2) is 0 Å². The summed E-state index contributed by atoms with van der Waals surface area (Å²) in [6.45, 7) is 6.16. The summed E-state index contributed by atoms with van der Waals surface area (Å²) in [5.41, 5.74) is 2.87. The molecule has 1 aromatic carbocycles. The van der Waals surface area contributed by atoms with E-state index in [1.54, 1.807) is 42.6 Å². The number of hydrogen-bond acceptors (Lipinski definition) is 8. The average molecular weight is 491 g/mol. The molecule has 0 bridgehead atoms. The highest BCUT2D eigenvalue weighted by Gasteiger charge is 2.24. The highest BCUT2D eigenvalue weighted by molar-refractivity contribution is 6.04. The Kier molecular flexibility index (Phi) is 5.92. The molecule has 0 spiro atoms. The molecule has 5 rings (SSSR count). The number of nitrogens with zero attached hydrogens (tertiary/aromatic N) is 5. The van der Waals surface area contributed by atoms with Crippen LogP contribution in [0.1, 0.15) is 42.2 Å². The lowest BCUT2D eigenvalue weighted by atomic mass is 10.0. The molecule has 11 heteroatoms. The van der Waals surface area contributed by atoms with Gasteiger partial charge >= 0.3 is 6.09 Å². The number of hydrogen-bond donors (Lipinski definition) is 2. The van der Waals surface area contributed by atoms with Crippen molar-refractivity contribution >= 4 is 29.0 Å². The van der Waals surface area contributed by atoms with Crippen molar-refractivity contribution in [1.29, 1.82) is 0 Å². The standard InChI is InChI=1S/C25H26N6O5/c1-15-4-5-16(22-28-21(36-29-22)6-8-25(2,3)34)12-18(15)27-23(32)19-14-26-20-13-17(7-9-31(19)20)30-10-11-35-24(30)33/h4-5,7,9,12-14,34H,6,8,10-11H2,1-3H3,(H,27,32). The first kappa shape index (κ1) is 23.5. The molecule has 0 radical (unpaired) electrons. The van der Waals surface area contributed by atoms with E-state index in [1.165, 1.54) is 11.1 Å². The molecule has 11 nitrogen and oxygen atoms in total. The Labute approximate surface area is 206 Å². The van der Waals surface area contributed by atoms with Crippen molar-refractivity contribution in [3.05, 3.63) is 59.9 Å². The Morgan fingerprint density at radius 2 is 2.08 bits per heavy atom. The number of nitrogens with one attached hydrogen (secondary N) is 1. The lowest BCUT2D eigenvalue weighted by molar-refractivity contribution is 0.0689. The molecule has 0 unspecified atom stereocenters. The quantitative estimate of drug-likeness (QED) is 0.401. The summed E-state index contributed by atoms with van der Waals surface area (Å²) in [6, 6.07) is 9.00. The molecule has 186 valence electrons. The van der Waals surface area contributed by atoms with Gasteiger partial charge in [0, 0.05) is 29.9 Å². The first-order valence-corrected chi connectivity index (χ1v) is 11.6. The molecule has 0 aliphatic carbocycles. The summed E-state index contributed by atoms with van der Waals surface area (Å²) < 4.78 is 12.0. The monoisotopic (exact) mass is 490 g/mol. The second-order valence-corrected chi connectivity index (χ2v) is 9.33. The molecule has 0 atom stereocenters. The number of carbonyl (C=O) groups excluding carboxylic acids is 2. The van der Waals surface area contributed by atoms with Crippen LogP contribution < -0.4 is 10.2 Å². The number of fused-ring (bicyclic) bond motifs is 1. The summed E-state index contributed by atoms with van der Waals surface area (Å²) in [7, 11) is 0. The van der Waals surface area contributed by atoms with Crippen LogP contribution in [0.4, 0.5) is 16.2 Å². The highest BCUT2D eigenvalue weighted by Crippen LogP contribution is 2.26. The van der Waals surface area contributed by atoms with Gasteiger partial charge in [-0.15, -0.1) is 0 Å². The molecular weight excluding hydrogens is 464 g/mol. The van der Waals surface area contributed by atoms with Gasteiger partial charge < -0.3 is 19.7 Å². The molecule has 1 saturated heterocycles. The van der Waals surface area contributed by atoms with E-state index >= 15 is 0 Å². The SMILES string of the molecule is Cc1ccc(-c2noc(CCC(C)(C)O)n2)cc1NC(=O)c1cnc2cc(N3CCOC3=O)ccn12. The minimum Gasteiger partial charge on any atom is -0.447 e. The number of benzene rings is 1. The number of amides is 2. The molecule has 0 saturated carbocycles. The third-order valence-electron chi connectivity index (χ3n) is 5.96. The van der Waals surface area contributed by atoms with Gasteiger partial charge in [0.2, 0.25) is 11.7 Å². The Bertz CT molecular complexity index is 1450. The first-order chi connectivity index (χ1) is 17.2. The maximum Gasteiger partial charge on any atom is 0.414 e. The van der Waals surface area contributed by atoms with Gasteiger partial charge in [-0.3, -0.25) is 14.1 Å². The van der Waals surface area contributed by atoms with Crippen LogP contribution in [-0.4, -0.2) is 55.4 Å². The number of aliphatic hydroxyl groups is 1. The molecule has 4 aromatic rings. The number of pyridine rings is 1. The van der Waals surface area contributed by atoms with E-state index in [0.29, 0.717) is 66.0 Å². The molecule has 1 aliphatic rings. The van der Waals surface area contributed by atoms with Gasteiger partial charge in [0.25, 0.3) is 5.91 Å². The number of carbonyl (C=O) groups is 2. The summed E-state index contributed by atoms with van der Waals surface area (Å²) in [4.78, 5) is 35.3. The largest absolute Gasteiger partial charge is 0.447 e. The predicted octanol–water partition coefficient (Wildman–Crippen LogP) is 3.61. The lowest BCUT2D eigenvalue weighted by Gasteiger charge is -2.14. The maximum absolute atomic E-state index is 13.1. The Hall–Kier alpha value is -4.25. The zero-order chi connectivity index (χ0) is 25.4. The van der Waals surface area contributed by atoms with Crippen LogP contribution in [0.3, 0.4) is 0 Å². The van der Waals surface area contributed by atoms with Gasteiger partial charge in [0.1, 0.15) is 17.9 Å². The number of aromatic nitrogens is 4. The van der Waals surface area contributed by atoms with Gasteiger partial charge in [-0.1, -0.05) is 17.3 Å². The molecular formula is C25H26N6O5. The summed E-state index contributed by atoms with van der Waals surface area (Å²) in [5, 5.41) is 16.9. The molecule has 1 aliphatic heterocycles. The van der Waals surface area contributed by atoms with Crippen molar-refractivity contribution < 1.29 is 24.0 Å². The van der Waals surface area contributed by atoms with E-state index in [0.717, 1.165) is 5.56 Å². The van der Waals surface area contributed by atoms with Crippen molar-refractivity contribution in [1.82, 2.24) is 19.5 Å². The topological polar surface area (TPSA) is 135 Å². The van der Waals surface area contributed by atoms with Crippen LogP contribution in [0.25, 0.3) is 17.0 Å². The number of ether oxygens (including phenoxy) is 1. The summed E-state index contributed by atoms with van der Waals surface area (Å²) in [5.74, 6) is 0.500. The van der Waals surface area contributed by atoms with Crippen LogP contribution >= 0.6 is 0 Å². The average Bonchev–Trinajstić information content (AvgIpc) is 3.57. The number of imidazole rings is 1. The van der Waals surface area contributed by atoms with Crippen LogP contribution in [0.2, 0.25) is 0 Å². The fourth-order valence-electron chi connectivity index (χ4n) is 3.90. The first-order valence-electron chi connectivity index (χ1n) is 11.6. The van der Waals surface area contributed by atoms with Crippen molar-refractivity contribution in [2.24, 2.45) is 0 Å². The Balaban J connectivity index is 1.34. The zero-order valence-corrected chi connectivity index (χ0v) is 20.2. The molecule has 2 amide bonds. The van der Waals surface area contributed by atoms with E-state index in [2.05, 4.69) is 20.4 Å². The fourth-order valence-corrected chi connectivity index (χ4v) is 3.90. The predicted molar refractivity (Wildman–Crippen MR) is 131 cm³/mol. The van der Waals surface area contributed by atoms with Gasteiger partial charge in [0.05, 0.1) is 24.0 Å². The molecule has 36 heavy (non-hydrogen) atoms. The summed E-state index contributed by atoms with van der Waals surface area (Å²) >= 11 is 0. The Morgan fingerprint density at radius 1 is 1.25 bits per heavy atom. The molecule has 4 heterocycles.